The van der Waals surface area contributed by atoms with E-state index in [4.69, 9.17) is 14.5 Å². The van der Waals surface area contributed by atoms with E-state index in [0.29, 0.717) is 25.2 Å². The van der Waals surface area contributed by atoms with Crippen LogP contribution in [-0.4, -0.2) is 55.8 Å². The van der Waals surface area contributed by atoms with E-state index in [2.05, 4.69) is 34.5 Å². The van der Waals surface area contributed by atoms with E-state index in [1.54, 1.807) is 0 Å². The highest BCUT2D eigenvalue weighted by atomic mass is 17.2. The fourth-order valence-corrected chi connectivity index (χ4v) is 7.86. The summed E-state index contributed by atoms with van der Waals surface area (Å²) in [5.74, 6) is 5.15. The summed E-state index contributed by atoms with van der Waals surface area (Å²) in [6.45, 7) is 3.79. The molecule has 0 atom stereocenters. The van der Waals surface area contributed by atoms with Gasteiger partial charge in [0.15, 0.2) is 0 Å². The number of amides is 1. The summed E-state index contributed by atoms with van der Waals surface area (Å²) in [5, 5.41) is 2.87. The van der Waals surface area contributed by atoms with Gasteiger partial charge >= 0.3 is 0 Å². The Morgan fingerprint density at radius 1 is 0.886 bits per heavy atom. The van der Waals surface area contributed by atoms with Gasteiger partial charge in [-0.25, -0.2) is 9.78 Å². The third-order valence-corrected chi connectivity index (χ3v) is 9.47. The van der Waals surface area contributed by atoms with Crippen LogP contribution >= 0.6 is 0 Å². The number of hydrogen-bond donors (Lipinski definition) is 1. The number of rotatable bonds is 9. The second-order valence-electron chi connectivity index (χ2n) is 12.0. The van der Waals surface area contributed by atoms with Crippen LogP contribution in [0, 0.1) is 23.7 Å². The number of ether oxygens (including phenoxy) is 1. The zero-order valence-electron chi connectivity index (χ0n) is 21.0. The summed E-state index contributed by atoms with van der Waals surface area (Å²) in [6.07, 6.45) is 13.1. The van der Waals surface area contributed by atoms with E-state index < -0.39 is 0 Å². The Kier molecular flexibility index (Phi) is 7.31. The molecule has 192 valence electrons. The van der Waals surface area contributed by atoms with Gasteiger partial charge in [0.2, 0.25) is 5.91 Å². The third-order valence-electron chi connectivity index (χ3n) is 9.47. The fraction of sp³-hybridized carbons (Fsp3) is 0.759. The quantitative estimate of drug-likeness (QED) is 0.314. The lowest BCUT2D eigenvalue weighted by atomic mass is 9.55. The average molecular weight is 483 g/mol. The summed E-state index contributed by atoms with van der Waals surface area (Å²) in [4.78, 5) is 25.9. The van der Waals surface area contributed by atoms with Crippen molar-refractivity contribution in [2.24, 2.45) is 23.7 Å². The minimum atomic E-state index is 0.128. The maximum absolute atomic E-state index is 11.5. The maximum atomic E-state index is 11.5. The van der Waals surface area contributed by atoms with Crippen LogP contribution in [0.1, 0.15) is 75.7 Å². The van der Waals surface area contributed by atoms with Crippen molar-refractivity contribution in [3.8, 4) is 5.75 Å². The highest BCUT2D eigenvalue weighted by Gasteiger charge is 2.49. The standard InChI is InChI=1S/C29H42N2O4/c32-28-19-31(12-10-30-28)11-1-13-33-26-6-2-22(3-7-26)23-4-8-27(9-5-23)34-35-29-24-15-20-14-21(17-24)18-25(29)16-20/h2-3,6-7,20-21,23-25,27,29H,1,4-5,8-19H2,(H,30,32). The van der Waals surface area contributed by atoms with Crippen molar-refractivity contribution in [1.82, 2.24) is 10.2 Å². The lowest BCUT2D eigenvalue weighted by Crippen LogP contribution is -2.49. The van der Waals surface area contributed by atoms with Crippen LogP contribution in [0.4, 0.5) is 0 Å². The lowest BCUT2D eigenvalue weighted by molar-refractivity contribution is -0.383. The van der Waals surface area contributed by atoms with Gasteiger partial charge in [-0.1, -0.05) is 12.1 Å². The Hall–Kier alpha value is -1.63. The number of benzene rings is 1. The molecule has 0 unspecified atom stereocenters. The van der Waals surface area contributed by atoms with Gasteiger partial charge < -0.3 is 10.1 Å². The molecule has 6 fully saturated rings. The smallest absolute Gasteiger partial charge is 0.234 e. The van der Waals surface area contributed by atoms with Gasteiger partial charge in [-0.05, 0) is 111 Å². The van der Waals surface area contributed by atoms with Crippen molar-refractivity contribution in [3.63, 3.8) is 0 Å². The van der Waals surface area contributed by atoms with Gasteiger partial charge in [0.05, 0.1) is 25.4 Å². The van der Waals surface area contributed by atoms with E-state index >= 15 is 0 Å². The van der Waals surface area contributed by atoms with Gasteiger partial charge in [0, 0.05) is 19.6 Å². The molecule has 4 bridgehead atoms. The minimum absolute atomic E-state index is 0.128. The van der Waals surface area contributed by atoms with E-state index in [1.807, 2.05) is 0 Å². The Balaban J connectivity index is 0.893. The first kappa shape index (κ1) is 23.7. The van der Waals surface area contributed by atoms with Gasteiger partial charge in [-0.2, -0.15) is 0 Å². The topological polar surface area (TPSA) is 60.0 Å². The molecule has 1 aromatic carbocycles. The third kappa shape index (κ3) is 5.70. The van der Waals surface area contributed by atoms with Gasteiger partial charge in [-0.15, -0.1) is 0 Å². The molecule has 35 heavy (non-hydrogen) atoms. The molecular weight excluding hydrogens is 440 g/mol. The van der Waals surface area contributed by atoms with Crippen LogP contribution in [0.5, 0.6) is 5.75 Å². The van der Waals surface area contributed by atoms with Crippen molar-refractivity contribution < 1.29 is 19.3 Å². The molecule has 1 aromatic rings. The summed E-state index contributed by atoms with van der Waals surface area (Å²) in [5.41, 5.74) is 1.41. The predicted octanol–water partition coefficient (Wildman–Crippen LogP) is 4.69. The summed E-state index contributed by atoms with van der Waals surface area (Å²) in [6, 6.07) is 8.70. The molecule has 5 saturated carbocycles. The molecule has 0 radical (unpaired) electrons. The SMILES string of the molecule is O=C1CN(CCCOc2ccc(C3CCC(OOC4C5CC6CC(C5)CC4C6)CC3)cc2)CCN1. The zero-order chi connectivity index (χ0) is 23.6. The molecule has 6 aliphatic rings. The molecule has 6 nitrogen and oxygen atoms in total. The van der Waals surface area contributed by atoms with Crippen LogP contribution in [0.15, 0.2) is 24.3 Å². The maximum Gasteiger partial charge on any atom is 0.234 e. The van der Waals surface area contributed by atoms with E-state index in [1.165, 1.54) is 50.5 Å². The Morgan fingerprint density at radius 2 is 1.60 bits per heavy atom. The van der Waals surface area contributed by atoms with Crippen LogP contribution in [-0.2, 0) is 14.6 Å². The van der Waals surface area contributed by atoms with Gasteiger partial charge in [-0.3, -0.25) is 9.69 Å². The van der Waals surface area contributed by atoms with Gasteiger partial charge in [0.25, 0.3) is 0 Å². The number of nitrogens with one attached hydrogen (secondary N) is 1. The van der Waals surface area contributed by atoms with Gasteiger partial charge in [0.1, 0.15) is 5.75 Å². The number of nitrogens with zero attached hydrogens (tertiary/aromatic N) is 1. The molecule has 1 N–H and O–H groups in total. The molecule has 6 heteroatoms. The minimum Gasteiger partial charge on any atom is -0.494 e. The fourth-order valence-electron chi connectivity index (χ4n) is 7.86. The average Bonchev–Trinajstić information content (AvgIpc) is 2.87. The summed E-state index contributed by atoms with van der Waals surface area (Å²) >= 11 is 0. The van der Waals surface area contributed by atoms with Crippen LogP contribution in [0.3, 0.4) is 0 Å². The molecular formula is C29H42N2O4. The Bertz CT molecular complexity index is 823. The van der Waals surface area contributed by atoms with Crippen LogP contribution in [0.2, 0.25) is 0 Å². The number of hydrogen-bond acceptors (Lipinski definition) is 5. The van der Waals surface area contributed by atoms with Crippen LogP contribution < -0.4 is 10.1 Å². The molecule has 1 heterocycles. The molecule has 5 aliphatic carbocycles. The number of carbonyl (C=O) groups excluding carboxylic acids is 1. The summed E-state index contributed by atoms with van der Waals surface area (Å²) < 4.78 is 5.95. The second kappa shape index (κ2) is 10.8. The zero-order valence-corrected chi connectivity index (χ0v) is 21.0. The highest BCUT2D eigenvalue weighted by Crippen LogP contribution is 2.54. The second-order valence-corrected chi connectivity index (χ2v) is 12.0. The molecule has 1 amide bonds. The first-order valence-corrected chi connectivity index (χ1v) is 14.2. The van der Waals surface area contributed by atoms with Crippen molar-refractivity contribution in [3.05, 3.63) is 29.8 Å². The first-order valence-electron chi connectivity index (χ1n) is 14.2. The van der Waals surface area contributed by atoms with E-state index in [-0.39, 0.29) is 12.0 Å². The monoisotopic (exact) mass is 482 g/mol. The highest BCUT2D eigenvalue weighted by molar-refractivity contribution is 5.78. The largest absolute Gasteiger partial charge is 0.494 e. The van der Waals surface area contributed by atoms with E-state index in [0.717, 1.165) is 68.3 Å². The molecule has 0 spiro atoms. The predicted molar refractivity (Wildman–Crippen MR) is 134 cm³/mol. The van der Waals surface area contributed by atoms with Crippen LogP contribution in [0.25, 0.3) is 0 Å². The summed E-state index contributed by atoms with van der Waals surface area (Å²) in [7, 11) is 0. The Labute approximate surface area is 210 Å². The lowest BCUT2D eigenvalue weighted by Gasteiger charge is -2.53. The van der Waals surface area contributed by atoms with E-state index in [9.17, 15) is 4.79 Å². The molecule has 0 aromatic heterocycles. The Morgan fingerprint density at radius 3 is 2.29 bits per heavy atom. The van der Waals surface area contributed by atoms with Crippen molar-refractivity contribution in [1.29, 1.82) is 0 Å². The van der Waals surface area contributed by atoms with Crippen molar-refractivity contribution in [2.75, 3.05) is 32.8 Å². The molecule has 1 saturated heterocycles. The molecule has 7 rings (SSSR count). The number of carbonyl (C=O) groups is 1. The molecule has 1 aliphatic heterocycles. The van der Waals surface area contributed by atoms with Crippen molar-refractivity contribution in [2.45, 2.75) is 82.3 Å². The van der Waals surface area contributed by atoms with Crippen molar-refractivity contribution >= 4 is 5.91 Å². The first-order chi connectivity index (χ1) is 17.2. The normalized spacial score (nSPS) is 36.8. The number of piperazine rings is 1.